The molecule has 1 saturated carbocycles. The van der Waals surface area contributed by atoms with E-state index in [2.05, 4.69) is 14.0 Å². The van der Waals surface area contributed by atoms with Crippen LogP contribution in [0.5, 0.6) is 0 Å². The Labute approximate surface area is 180 Å². The van der Waals surface area contributed by atoms with Crippen molar-refractivity contribution in [3.05, 3.63) is 45.3 Å². The monoisotopic (exact) mass is 434 g/mol. The molecule has 7 heteroatoms. The van der Waals surface area contributed by atoms with Crippen molar-refractivity contribution in [1.29, 1.82) is 0 Å². The van der Waals surface area contributed by atoms with Crippen LogP contribution in [0.15, 0.2) is 22.6 Å². The standard InChI is InChI=1S/C22H26Cl2N3O2/c1-5-11-27(4,15-8-9-15)22(28)19-18(6-2)25-26-20(13(3)29-21(19)26)16-10-7-14(23)12-17(16)24/h7,10,12,15H,5-6,8-9,11H2,1-4H3/q+1. The summed E-state index contributed by atoms with van der Waals surface area (Å²) in [6, 6.07) is 5.75. The van der Waals surface area contributed by atoms with E-state index in [1.54, 1.807) is 16.6 Å². The highest BCUT2D eigenvalue weighted by molar-refractivity contribution is 6.36. The summed E-state index contributed by atoms with van der Waals surface area (Å²) in [5.74, 6) is 0.772. The van der Waals surface area contributed by atoms with Gasteiger partial charge >= 0.3 is 5.91 Å². The highest BCUT2D eigenvalue weighted by Gasteiger charge is 2.49. The molecule has 29 heavy (non-hydrogen) atoms. The van der Waals surface area contributed by atoms with Crippen LogP contribution < -0.4 is 0 Å². The number of quaternary nitrogens is 1. The van der Waals surface area contributed by atoms with Gasteiger partial charge in [-0.3, -0.25) is 4.48 Å². The molecule has 5 nitrogen and oxygen atoms in total. The molecule has 1 aliphatic carbocycles. The summed E-state index contributed by atoms with van der Waals surface area (Å²) in [5.41, 5.74) is 3.42. The zero-order chi connectivity index (χ0) is 20.9. The lowest BCUT2D eigenvalue weighted by atomic mass is 10.1. The number of rotatable bonds is 6. The van der Waals surface area contributed by atoms with Gasteiger partial charge in [-0.2, -0.15) is 9.61 Å². The van der Waals surface area contributed by atoms with Crippen molar-refractivity contribution < 1.29 is 13.7 Å². The van der Waals surface area contributed by atoms with Crippen LogP contribution >= 0.6 is 23.2 Å². The molecule has 0 spiro atoms. The van der Waals surface area contributed by atoms with Gasteiger partial charge < -0.3 is 4.42 Å². The van der Waals surface area contributed by atoms with E-state index in [0.29, 0.717) is 44.0 Å². The molecule has 1 amide bonds. The van der Waals surface area contributed by atoms with E-state index in [1.807, 2.05) is 19.9 Å². The van der Waals surface area contributed by atoms with E-state index in [0.717, 1.165) is 42.8 Å². The molecule has 2 aromatic heterocycles. The summed E-state index contributed by atoms with van der Waals surface area (Å²) in [6.45, 7) is 6.83. The van der Waals surface area contributed by atoms with Crippen LogP contribution in [-0.2, 0) is 6.42 Å². The second kappa shape index (κ2) is 7.46. The van der Waals surface area contributed by atoms with Gasteiger partial charge in [0, 0.05) is 23.4 Å². The highest BCUT2D eigenvalue weighted by atomic mass is 35.5. The number of hydrogen-bond acceptors (Lipinski definition) is 3. The Hall–Kier alpha value is -1.82. The molecule has 2 heterocycles. The first-order chi connectivity index (χ1) is 13.8. The fourth-order valence-electron chi connectivity index (χ4n) is 4.30. The van der Waals surface area contributed by atoms with Gasteiger partial charge in [-0.25, -0.2) is 4.79 Å². The van der Waals surface area contributed by atoms with E-state index >= 15 is 0 Å². The number of amides is 1. The second-order valence-corrected chi connectivity index (χ2v) is 8.89. The predicted molar refractivity (Wildman–Crippen MR) is 116 cm³/mol. The second-order valence-electron chi connectivity index (χ2n) is 8.05. The normalized spacial score (nSPS) is 16.3. The van der Waals surface area contributed by atoms with Crippen molar-refractivity contribution in [2.45, 2.75) is 52.5 Å². The Balaban J connectivity index is 1.91. The lowest BCUT2D eigenvalue weighted by molar-refractivity contribution is -0.840. The van der Waals surface area contributed by atoms with Crippen LogP contribution in [0.3, 0.4) is 0 Å². The summed E-state index contributed by atoms with van der Waals surface area (Å²) >= 11 is 12.5. The fraction of sp³-hybridized carbons (Fsp3) is 0.455. The van der Waals surface area contributed by atoms with Crippen LogP contribution in [0.1, 0.15) is 54.9 Å². The zero-order valence-corrected chi connectivity index (χ0v) is 18.8. The van der Waals surface area contributed by atoms with Crippen molar-refractivity contribution in [2.75, 3.05) is 13.6 Å². The lowest BCUT2D eigenvalue weighted by Gasteiger charge is -2.31. The maximum atomic E-state index is 13.8. The van der Waals surface area contributed by atoms with Crippen LogP contribution in [0.4, 0.5) is 0 Å². The number of oxazole rings is 1. The summed E-state index contributed by atoms with van der Waals surface area (Å²) in [5, 5.41) is 5.86. The maximum absolute atomic E-state index is 13.8. The number of carbonyl (C=O) groups excluding carboxylic acids is 1. The third-order valence-corrected chi connectivity index (χ3v) is 6.50. The predicted octanol–water partition coefficient (Wildman–Crippen LogP) is 5.93. The van der Waals surface area contributed by atoms with Gasteiger partial charge in [0.2, 0.25) is 5.71 Å². The van der Waals surface area contributed by atoms with E-state index < -0.39 is 0 Å². The van der Waals surface area contributed by atoms with Crippen molar-refractivity contribution in [3.8, 4) is 11.3 Å². The molecule has 154 valence electrons. The minimum Gasteiger partial charge on any atom is -0.440 e. The van der Waals surface area contributed by atoms with Crippen molar-refractivity contribution in [1.82, 2.24) is 9.61 Å². The first-order valence-electron chi connectivity index (χ1n) is 10.2. The lowest BCUT2D eigenvalue weighted by Crippen LogP contribution is -2.51. The number of aryl methyl sites for hydroxylation is 2. The van der Waals surface area contributed by atoms with Gasteiger partial charge in [0.15, 0.2) is 5.56 Å². The molecule has 1 aliphatic rings. The number of fused-ring (bicyclic) bond motifs is 1. The molecule has 0 saturated heterocycles. The van der Waals surface area contributed by atoms with Crippen LogP contribution in [0.2, 0.25) is 10.0 Å². The average molecular weight is 435 g/mol. The fourth-order valence-corrected chi connectivity index (χ4v) is 4.79. The van der Waals surface area contributed by atoms with Gasteiger partial charge in [-0.1, -0.05) is 37.0 Å². The minimum absolute atomic E-state index is 0.101. The Bertz CT molecular complexity index is 1100. The van der Waals surface area contributed by atoms with Crippen molar-refractivity contribution in [2.24, 2.45) is 0 Å². The zero-order valence-electron chi connectivity index (χ0n) is 17.3. The molecule has 0 aliphatic heterocycles. The number of hydrogen-bond donors (Lipinski definition) is 0. The Morgan fingerprint density at radius 3 is 2.62 bits per heavy atom. The molecule has 3 aromatic rings. The Morgan fingerprint density at radius 2 is 2.03 bits per heavy atom. The third-order valence-electron chi connectivity index (χ3n) is 5.95. The Morgan fingerprint density at radius 1 is 1.31 bits per heavy atom. The largest absolute Gasteiger partial charge is 0.440 e. The molecule has 1 aromatic carbocycles. The van der Waals surface area contributed by atoms with Crippen molar-refractivity contribution >= 4 is 34.8 Å². The SMILES string of the molecule is CCC[N+](C)(C(=O)c1c(CC)nn2c(-c3ccc(Cl)cc3Cl)c(C)oc12)C1CC1. The number of carbonyl (C=O) groups is 1. The molecule has 0 N–H and O–H groups in total. The molecule has 4 rings (SSSR count). The maximum Gasteiger partial charge on any atom is 0.353 e. The number of benzene rings is 1. The number of halogens is 2. The van der Waals surface area contributed by atoms with Crippen LogP contribution in [0, 0.1) is 6.92 Å². The van der Waals surface area contributed by atoms with Gasteiger partial charge in [-0.15, -0.1) is 0 Å². The van der Waals surface area contributed by atoms with Gasteiger partial charge in [0.25, 0.3) is 0 Å². The molecule has 1 unspecified atom stereocenters. The minimum atomic E-state index is 0.101. The summed E-state index contributed by atoms with van der Waals surface area (Å²) < 4.78 is 8.28. The van der Waals surface area contributed by atoms with Gasteiger partial charge in [0.05, 0.1) is 30.4 Å². The molecule has 0 bridgehead atoms. The topological polar surface area (TPSA) is 47.5 Å². The third kappa shape index (κ3) is 3.29. The van der Waals surface area contributed by atoms with E-state index in [1.165, 1.54) is 0 Å². The summed E-state index contributed by atoms with van der Waals surface area (Å²) in [4.78, 5) is 13.8. The summed E-state index contributed by atoms with van der Waals surface area (Å²) in [7, 11) is 2.05. The molecule has 1 fully saturated rings. The quantitative estimate of drug-likeness (QED) is 0.451. The first-order valence-corrected chi connectivity index (χ1v) is 10.9. The number of nitrogens with zero attached hydrogens (tertiary/aromatic N) is 3. The molecular formula is C22H26Cl2N3O2+. The van der Waals surface area contributed by atoms with Gasteiger partial charge in [-0.05, 0) is 38.0 Å². The average Bonchev–Trinajstić information content (AvgIpc) is 3.41. The number of aromatic nitrogens is 2. The molecule has 0 radical (unpaired) electrons. The summed E-state index contributed by atoms with van der Waals surface area (Å²) in [6.07, 6.45) is 3.79. The van der Waals surface area contributed by atoms with Crippen LogP contribution in [-0.4, -0.2) is 39.6 Å². The molecule has 1 atom stereocenters. The van der Waals surface area contributed by atoms with Crippen molar-refractivity contribution in [3.63, 3.8) is 0 Å². The van der Waals surface area contributed by atoms with E-state index in [4.69, 9.17) is 32.7 Å². The first kappa shape index (κ1) is 20.5. The van der Waals surface area contributed by atoms with Gasteiger partial charge in [0.1, 0.15) is 11.5 Å². The highest BCUT2D eigenvalue weighted by Crippen LogP contribution is 2.39. The Kier molecular flexibility index (Phi) is 5.26. The van der Waals surface area contributed by atoms with Crippen LogP contribution in [0.25, 0.3) is 17.0 Å². The van der Waals surface area contributed by atoms with E-state index in [-0.39, 0.29) is 5.91 Å². The molecular weight excluding hydrogens is 409 g/mol. The smallest absolute Gasteiger partial charge is 0.353 e. The van der Waals surface area contributed by atoms with E-state index in [9.17, 15) is 4.79 Å².